The first-order chi connectivity index (χ1) is 26.3. The molecule has 2 amide bonds. The fourth-order valence-corrected chi connectivity index (χ4v) is 5.98. The number of carbonyl (C=O) groups excluding carboxylic acids is 2. The summed E-state index contributed by atoms with van der Waals surface area (Å²) in [6.45, 7) is 0. The van der Waals surface area contributed by atoms with E-state index in [1.165, 1.54) is 48.5 Å². The second kappa shape index (κ2) is 15.9. The van der Waals surface area contributed by atoms with Crippen molar-refractivity contribution in [2.45, 2.75) is 9.79 Å². The Balaban J connectivity index is 1.29. The molecular formula is C34H24N6O14S2. The van der Waals surface area contributed by atoms with Gasteiger partial charge in [-0.1, -0.05) is 0 Å². The molecule has 20 nitrogen and oxygen atoms in total. The third-order valence-corrected chi connectivity index (χ3v) is 9.13. The van der Waals surface area contributed by atoms with E-state index in [1.807, 2.05) is 0 Å². The van der Waals surface area contributed by atoms with Crippen LogP contribution in [0.25, 0.3) is 0 Å². The van der Waals surface area contributed by atoms with Crippen molar-refractivity contribution in [2.24, 2.45) is 20.5 Å². The minimum absolute atomic E-state index is 0.00670. The zero-order valence-electron chi connectivity index (χ0n) is 27.8. The summed E-state index contributed by atoms with van der Waals surface area (Å²) in [5, 5.41) is 57.5. The maximum atomic E-state index is 13.0. The maximum absolute atomic E-state index is 13.0. The van der Waals surface area contributed by atoms with Crippen molar-refractivity contribution in [3.05, 3.63) is 119 Å². The zero-order valence-corrected chi connectivity index (χ0v) is 29.4. The minimum Gasteiger partial charge on any atom is -0.507 e. The number of azo groups is 2. The summed E-state index contributed by atoms with van der Waals surface area (Å²) in [6.07, 6.45) is 0. The van der Waals surface area contributed by atoms with Gasteiger partial charge in [-0.05, 0) is 97.1 Å². The molecule has 22 heteroatoms. The van der Waals surface area contributed by atoms with Crippen molar-refractivity contribution in [2.75, 3.05) is 10.6 Å². The summed E-state index contributed by atoms with van der Waals surface area (Å²) in [4.78, 5) is 46.9. The Bertz CT molecular complexity index is 2530. The molecular weight excluding hydrogens is 781 g/mol. The predicted octanol–water partition coefficient (Wildman–Crippen LogP) is 6.32. The molecule has 0 saturated heterocycles. The lowest BCUT2D eigenvalue weighted by molar-refractivity contribution is 0.0682. The van der Waals surface area contributed by atoms with Gasteiger partial charge in [-0.3, -0.25) is 18.7 Å². The molecule has 56 heavy (non-hydrogen) atoms. The highest BCUT2D eigenvalue weighted by Gasteiger charge is 2.20. The van der Waals surface area contributed by atoms with Gasteiger partial charge in [-0.2, -0.15) is 27.1 Å². The number of carboxylic acid groups (broad SMARTS) is 2. The molecule has 5 rings (SSSR count). The number of carbonyl (C=O) groups is 4. The number of carboxylic acids is 2. The Hall–Kier alpha value is -7.40. The van der Waals surface area contributed by atoms with E-state index in [9.17, 15) is 55.3 Å². The second-order valence-electron chi connectivity index (χ2n) is 11.2. The highest BCUT2D eigenvalue weighted by molar-refractivity contribution is 7.86. The van der Waals surface area contributed by atoms with Gasteiger partial charge in [-0.15, -0.1) is 10.2 Å². The van der Waals surface area contributed by atoms with Crippen LogP contribution in [0.15, 0.2) is 127 Å². The molecule has 0 atom stereocenters. The van der Waals surface area contributed by atoms with E-state index in [0.29, 0.717) is 0 Å². The maximum Gasteiger partial charge on any atom is 0.339 e. The molecule has 0 aliphatic rings. The SMILES string of the molecule is O=C(Nc1ccc(N=Nc2ccc(O)c(C(=O)O)c2)c(S(=O)(=O)O)c1)c1ccc(C(=O)Nc2ccc(N=Nc3ccc(O)c(C(=O)O)c3)c(S(=O)(=O)O)c2)cc1. The molecule has 0 aliphatic carbocycles. The average molecular weight is 805 g/mol. The van der Waals surface area contributed by atoms with Gasteiger partial charge in [0.05, 0.1) is 11.4 Å². The molecule has 0 bridgehead atoms. The van der Waals surface area contributed by atoms with Gasteiger partial charge >= 0.3 is 11.9 Å². The number of phenols is 2. The van der Waals surface area contributed by atoms with Crippen molar-refractivity contribution in [3.63, 3.8) is 0 Å². The van der Waals surface area contributed by atoms with Crippen molar-refractivity contribution in [3.8, 4) is 11.5 Å². The summed E-state index contributed by atoms with van der Waals surface area (Å²) < 4.78 is 68.0. The van der Waals surface area contributed by atoms with E-state index in [1.54, 1.807) is 0 Å². The van der Waals surface area contributed by atoms with E-state index in [2.05, 4.69) is 31.1 Å². The van der Waals surface area contributed by atoms with Crippen molar-refractivity contribution in [1.29, 1.82) is 0 Å². The molecule has 286 valence electrons. The van der Waals surface area contributed by atoms with Crippen LogP contribution in [0.3, 0.4) is 0 Å². The Morgan fingerprint density at radius 2 is 0.839 bits per heavy atom. The Morgan fingerprint density at radius 3 is 1.16 bits per heavy atom. The Morgan fingerprint density at radius 1 is 0.482 bits per heavy atom. The predicted molar refractivity (Wildman–Crippen MR) is 193 cm³/mol. The van der Waals surface area contributed by atoms with Gasteiger partial charge in [0, 0.05) is 22.5 Å². The molecule has 8 N–H and O–H groups in total. The van der Waals surface area contributed by atoms with Crippen molar-refractivity contribution in [1.82, 2.24) is 0 Å². The van der Waals surface area contributed by atoms with E-state index in [4.69, 9.17) is 10.2 Å². The van der Waals surface area contributed by atoms with Gasteiger partial charge in [-0.25, -0.2) is 9.59 Å². The number of aromatic hydroxyl groups is 2. The summed E-state index contributed by atoms with van der Waals surface area (Å²) in [7, 11) is -9.86. The largest absolute Gasteiger partial charge is 0.507 e. The number of hydrogen-bond donors (Lipinski definition) is 8. The first kappa shape index (κ1) is 39.8. The monoisotopic (exact) mass is 804 g/mol. The second-order valence-corrected chi connectivity index (χ2v) is 14.0. The summed E-state index contributed by atoms with van der Waals surface area (Å²) >= 11 is 0. The third kappa shape index (κ3) is 9.57. The quantitative estimate of drug-likeness (QED) is 0.0505. The summed E-state index contributed by atoms with van der Waals surface area (Å²) in [6, 6.07) is 17.9. The van der Waals surface area contributed by atoms with E-state index in [0.717, 1.165) is 48.5 Å². The molecule has 0 fully saturated rings. The van der Waals surface area contributed by atoms with Gasteiger partial charge in [0.2, 0.25) is 0 Å². The summed E-state index contributed by atoms with van der Waals surface area (Å²) in [5.74, 6) is -5.53. The molecule has 0 heterocycles. The molecule has 0 unspecified atom stereocenters. The van der Waals surface area contributed by atoms with Crippen LogP contribution in [-0.4, -0.2) is 70.1 Å². The first-order valence-corrected chi connectivity index (χ1v) is 18.1. The average Bonchev–Trinajstić information content (AvgIpc) is 3.13. The van der Waals surface area contributed by atoms with Gasteiger partial charge in [0.15, 0.2) is 0 Å². The van der Waals surface area contributed by atoms with Crippen LogP contribution < -0.4 is 10.6 Å². The van der Waals surface area contributed by atoms with E-state index < -0.39 is 76.4 Å². The van der Waals surface area contributed by atoms with E-state index in [-0.39, 0.29) is 45.3 Å². The Labute approximate surface area is 314 Å². The van der Waals surface area contributed by atoms with Crippen LogP contribution in [-0.2, 0) is 20.2 Å². The topological polar surface area (TPSA) is 331 Å². The summed E-state index contributed by atoms with van der Waals surface area (Å²) in [5.41, 5.74) is -2.09. The van der Waals surface area contributed by atoms with Gasteiger partial charge < -0.3 is 31.1 Å². The molecule has 0 aliphatic heterocycles. The van der Waals surface area contributed by atoms with Crippen LogP contribution in [0.4, 0.5) is 34.1 Å². The zero-order chi connectivity index (χ0) is 40.9. The fraction of sp³-hybridized carbons (Fsp3) is 0. The Kier molecular flexibility index (Phi) is 11.3. The van der Waals surface area contributed by atoms with E-state index >= 15 is 0 Å². The number of nitrogens with zero attached hydrogens (tertiary/aromatic N) is 4. The number of rotatable bonds is 12. The minimum atomic E-state index is -4.93. The first-order valence-electron chi connectivity index (χ1n) is 15.2. The number of anilines is 2. The fourth-order valence-electron chi connectivity index (χ4n) is 4.68. The highest BCUT2D eigenvalue weighted by atomic mass is 32.2. The lowest BCUT2D eigenvalue weighted by atomic mass is 10.1. The lowest BCUT2D eigenvalue weighted by Crippen LogP contribution is -2.15. The van der Waals surface area contributed by atoms with Crippen LogP contribution in [0.1, 0.15) is 41.4 Å². The third-order valence-electron chi connectivity index (χ3n) is 7.37. The lowest BCUT2D eigenvalue weighted by Gasteiger charge is -2.10. The molecule has 0 saturated carbocycles. The molecule has 0 radical (unpaired) electrons. The van der Waals surface area contributed by atoms with Gasteiger partial charge in [0.25, 0.3) is 32.1 Å². The number of hydrogen-bond acceptors (Lipinski definition) is 14. The standard InChI is InChI=1S/C34H24N6O14S2/c41-27-11-7-21(13-23(27)33(45)46)37-39-25-9-5-19(15-29(25)55(49,50)51)35-31(43)17-1-2-18(4-3-17)32(44)36-20-6-10-26(30(16-20)56(52,53)54)40-38-22-8-12-28(42)24(14-22)34(47)48/h1-16,41-42H,(H,35,43)(H,36,44)(H,45,46)(H,47,48)(H,49,50,51)(H,52,53,54). The molecule has 0 aromatic heterocycles. The molecule has 0 spiro atoms. The van der Waals surface area contributed by atoms with Crippen molar-refractivity contribution < 1.29 is 65.5 Å². The number of benzene rings is 5. The number of nitrogens with one attached hydrogen (secondary N) is 2. The number of aromatic carboxylic acids is 2. The van der Waals surface area contributed by atoms with Crippen molar-refractivity contribution >= 4 is 78.1 Å². The molecule has 5 aromatic rings. The van der Waals surface area contributed by atoms with Crippen LogP contribution in [0.5, 0.6) is 11.5 Å². The van der Waals surface area contributed by atoms with Crippen LogP contribution in [0, 0.1) is 0 Å². The van der Waals surface area contributed by atoms with Crippen LogP contribution in [0.2, 0.25) is 0 Å². The normalized spacial score (nSPS) is 11.8. The van der Waals surface area contributed by atoms with Crippen LogP contribution >= 0.6 is 0 Å². The van der Waals surface area contributed by atoms with Gasteiger partial charge in [0.1, 0.15) is 43.8 Å². The number of amides is 2. The molecule has 5 aromatic carbocycles. The smallest absolute Gasteiger partial charge is 0.339 e. The highest BCUT2D eigenvalue weighted by Crippen LogP contribution is 2.33.